The van der Waals surface area contributed by atoms with Crippen molar-refractivity contribution in [3.8, 4) is 0 Å². The van der Waals surface area contributed by atoms with E-state index in [0.717, 1.165) is 57.2 Å². The molecule has 0 unspecified atom stereocenters. The fourth-order valence-electron chi connectivity index (χ4n) is 3.83. The molecule has 6 nitrogen and oxygen atoms in total. The van der Waals surface area contributed by atoms with Gasteiger partial charge in [0.25, 0.3) is 0 Å². The molecule has 1 aromatic rings. The molecule has 0 aliphatic carbocycles. The lowest BCUT2D eigenvalue weighted by Gasteiger charge is -2.25. The Labute approximate surface area is 162 Å². The molecule has 2 aliphatic heterocycles. The minimum Gasteiger partial charge on any atom is -0.352 e. The lowest BCUT2D eigenvalue weighted by atomic mass is 9.93. The number of hydrogen-bond acceptors (Lipinski definition) is 4. The lowest BCUT2D eigenvalue weighted by molar-refractivity contribution is -0.121. The maximum Gasteiger partial charge on any atom is 0.243 e. The van der Waals surface area contributed by atoms with E-state index >= 15 is 0 Å². The highest BCUT2D eigenvalue weighted by Crippen LogP contribution is 2.21. The van der Waals surface area contributed by atoms with E-state index in [4.69, 9.17) is 0 Å². The molecule has 7 heteroatoms. The van der Waals surface area contributed by atoms with Gasteiger partial charge in [-0.1, -0.05) is 18.6 Å². The summed E-state index contributed by atoms with van der Waals surface area (Å²) in [4.78, 5) is 12.4. The zero-order chi connectivity index (χ0) is 19.1. The van der Waals surface area contributed by atoms with Gasteiger partial charge in [0.1, 0.15) is 0 Å². The van der Waals surface area contributed by atoms with E-state index in [9.17, 15) is 13.2 Å². The highest BCUT2D eigenvalue weighted by Gasteiger charge is 2.25. The molecule has 2 fully saturated rings. The minimum absolute atomic E-state index is 0.0681. The lowest BCUT2D eigenvalue weighted by Crippen LogP contribution is -2.35. The van der Waals surface area contributed by atoms with Crippen LogP contribution in [0.25, 0.3) is 0 Å². The van der Waals surface area contributed by atoms with Crippen molar-refractivity contribution in [3.05, 3.63) is 29.8 Å². The summed E-state index contributed by atoms with van der Waals surface area (Å²) < 4.78 is 26.9. The number of hydrogen-bond donors (Lipinski definition) is 2. The molecule has 2 heterocycles. The summed E-state index contributed by atoms with van der Waals surface area (Å²) in [5.74, 6) is 0.717. The van der Waals surface area contributed by atoms with Crippen molar-refractivity contribution < 1.29 is 13.2 Å². The second kappa shape index (κ2) is 9.66. The van der Waals surface area contributed by atoms with Crippen LogP contribution in [-0.4, -0.2) is 44.8 Å². The summed E-state index contributed by atoms with van der Waals surface area (Å²) in [7, 11) is -3.39. The first-order chi connectivity index (χ1) is 13.1. The van der Waals surface area contributed by atoms with E-state index in [-0.39, 0.29) is 5.91 Å². The second-order valence-electron chi connectivity index (χ2n) is 7.62. The van der Waals surface area contributed by atoms with E-state index in [1.54, 1.807) is 28.6 Å². The molecular formula is C20H31N3O3S. The summed E-state index contributed by atoms with van der Waals surface area (Å²) in [6.45, 7) is 3.77. The highest BCUT2D eigenvalue weighted by molar-refractivity contribution is 7.89. The molecule has 0 radical (unpaired) electrons. The van der Waals surface area contributed by atoms with Crippen LogP contribution in [0.1, 0.15) is 50.5 Å². The molecule has 0 bridgehead atoms. The van der Waals surface area contributed by atoms with Crippen LogP contribution >= 0.6 is 0 Å². The highest BCUT2D eigenvalue weighted by atomic mass is 32.2. The summed E-state index contributed by atoms with van der Waals surface area (Å²) >= 11 is 0. The molecule has 0 spiro atoms. The molecule has 3 rings (SSSR count). The Morgan fingerprint density at radius 2 is 1.74 bits per heavy atom. The van der Waals surface area contributed by atoms with Gasteiger partial charge in [0, 0.05) is 26.1 Å². The maximum atomic E-state index is 12.7. The monoisotopic (exact) mass is 393 g/mol. The van der Waals surface area contributed by atoms with Gasteiger partial charge in [-0.2, -0.15) is 4.31 Å². The summed E-state index contributed by atoms with van der Waals surface area (Å²) in [6.07, 6.45) is 6.77. The van der Waals surface area contributed by atoms with Crippen LogP contribution in [0.3, 0.4) is 0 Å². The zero-order valence-corrected chi connectivity index (χ0v) is 16.8. The maximum absolute atomic E-state index is 12.7. The van der Waals surface area contributed by atoms with Crippen LogP contribution in [0.2, 0.25) is 0 Å². The van der Waals surface area contributed by atoms with Gasteiger partial charge in [-0.15, -0.1) is 0 Å². The Hall–Kier alpha value is -1.44. The van der Waals surface area contributed by atoms with Crippen molar-refractivity contribution in [1.82, 2.24) is 14.9 Å². The average molecular weight is 394 g/mol. The smallest absolute Gasteiger partial charge is 0.243 e. The quantitative estimate of drug-likeness (QED) is 0.745. The Morgan fingerprint density at radius 3 is 2.41 bits per heavy atom. The standard InChI is InChI=1S/C20H31N3O3S/c24-20(9-6-17-10-12-21-13-11-17)22-16-18-4-7-19(8-5-18)27(25,26)23-14-2-1-3-15-23/h4-5,7-8,17,21H,1-3,6,9-16H2,(H,22,24). The first kappa shape index (κ1) is 20.3. The molecule has 27 heavy (non-hydrogen) atoms. The van der Waals surface area contributed by atoms with Crippen molar-refractivity contribution in [2.24, 2.45) is 5.92 Å². The van der Waals surface area contributed by atoms with Crippen molar-refractivity contribution in [2.75, 3.05) is 26.2 Å². The van der Waals surface area contributed by atoms with Gasteiger partial charge in [0.2, 0.25) is 15.9 Å². The van der Waals surface area contributed by atoms with Crippen molar-refractivity contribution >= 4 is 15.9 Å². The number of rotatable bonds is 7. The first-order valence-corrected chi connectivity index (χ1v) is 11.6. The summed E-state index contributed by atoms with van der Waals surface area (Å²) in [5, 5.41) is 6.28. The van der Waals surface area contributed by atoms with Crippen molar-refractivity contribution in [3.63, 3.8) is 0 Å². The first-order valence-electron chi connectivity index (χ1n) is 10.1. The molecule has 2 N–H and O–H groups in total. The SMILES string of the molecule is O=C(CCC1CCNCC1)NCc1ccc(S(=O)(=O)N2CCCCC2)cc1. The molecule has 1 aromatic carbocycles. The zero-order valence-electron chi connectivity index (χ0n) is 16.0. The third-order valence-electron chi connectivity index (χ3n) is 5.60. The largest absolute Gasteiger partial charge is 0.352 e. The van der Waals surface area contributed by atoms with Gasteiger partial charge in [0.15, 0.2) is 0 Å². The molecule has 0 saturated carbocycles. The van der Waals surface area contributed by atoms with E-state index in [1.807, 2.05) is 0 Å². The van der Waals surface area contributed by atoms with Gasteiger partial charge in [0.05, 0.1) is 4.90 Å². The van der Waals surface area contributed by atoms with Gasteiger partial charge >= 0.3 is 0 Å². The number of nitrogens with zero attached hydrogens (tertiary/aromatic N) is 1. The van der Waals surface area contributed by atoms with E-state index in [0.29, 0.717) is 36.9 Å². The number of sulfonamides is 1. The second-order valence-corrected chi connectivity index (χ2v) is 9.56. The van der Waals surface area contributed by atoms with E-state index < -0.39 is 10.0 Å². The van der Waals surface area contributed by atoms with E-state index in [1.165, 1.54) is 0 Å². The Morgan fingerprint density at radius 1 is 1.07 bits per heavy atom. The van der Waals surface area contributed by atoms with E-state index in [2.05, 4.69) is 10.6 Å². The van der Waals surface area contributed by atoms with Gasteiger partial charge < -0.3 is 10.6 Å². The molecule has 2 aliphatic rings. The fraction of sp³-hybridized carbons (Fsp3) is 0.650. The predicted molar refractivity (Wildman–Crippen MR) is 106 cm³/mol. The third kappa shape index (κ3) is 5.77. The molecule has 0 aromatic heterocycles. The Bertz CT molecular complexity index is 706. The van der Waals surface area contributed by atoms with Crippen LogP contribution in [-0.2, 0) is 21.4 Å². The molecular weight excluding hydrogens is 362 g/mol. The third-order valence-corrected chi connectivity index (χ3v) is 7.52. The van der Waals surface area contributed by atoms with Crippen LogP contribution in [0, 0.1) is 5.92 Å². The summed E-state index contributed by atoms with van der Waals surface area (Å²) in [6, 6.07) is 6.90. The van der Waals surface area contributed by atoms with Gasteiger partial charge in [-0.3, -0.25) is 4.79 Å². The van der Waals surface area contributed by atoms with Crippen LogP contribution in [0.5, 0.6) is 0 Å². The molecule has 1 amide bonds. The summed E-state index contributed by atoms with van der Waals surface area (Å²) in [5.41, 5.74) is 0.919. The van der Waals surface area contributed by atoms with Crippen LogP contribution < -0.4 is 10.6 Å². The number of amides is 1. The number of nitrogens with one attached hydrogen (secondary N) is 2. The fourth-order valence-corrected chi connectivity index (χ4v) is 5.35. The number of benzene rings is 1. The average Bonchev–Trinajstić information content (AvgIpc) is 2.72. The molecule has 150 valence electrons. The van der Waals surface area contributed by atoms with Gasteiger partial charge in [-0.05, 0) is 68.8 Å². The Kier molecular flexibility index (Phi) is 7.26. The normalized spacial score (nSPS) is 19.7. The topological polar surface area (TPSA) is 78.5 Å². The number of carbonyl (C=O) groups excluding carboxylic acids is 1. The van der Waals surface area contributed by atoms with Crippen LogP contribution in [0.4, 0.5) is 0 Å². The van der Waals surface area contributed by atoms with Crippen molar-refractivity contribution in [2.45, 2.75) is 56.4 Å². The Balaban J connectivity index is 1.46. The molecule has 0 atom stereocenters. The van der Waals surface area contributed by atoms with Gasteiger partial charge in [-0.25, -0.2) is 8.42 Å². The van der Waals surface area contributed by atoms with Crippen LogP contribution in [0.15, 0.2) is 29.2 Å². The predicted octanol–water partition coefficient (Wildman–Crippen LogP) is 2.26. The molecule has 2 saturated heterocycles. The number of carbonyl (C=O) groups is 1. The number of piperidine rings is 2. The van der Waals surface area contributed by atoms with Crippen molar-refractivity contribution in [1.29, 1.82) is 0 Å². The minimum atomic E-state index is -3.39.